The molecule has 0 radical (unpaired) electrons. The van der Waals surface area contributed by atoms with Crippen molar-refractivity contribution < 1.29 is 9.53 Å². The van der Waals surface area contributed by atoms with Crippen LogP contribution in [0.5, 0.6) is 5.75 Å². The summed E-state index contributed by atoms with van der Waals surface area (Å²) in [6.07, 6.45) is 3.25. The number of hydrogen-bond acceptors (Lipinski definition) is 3. The van der Waals surface area contributed by atoms with Crippen LogP contribution in [0.1, 0.15) is 30.9 Å². The third-order valence-electron chi connectivity index (χ3n) is 5.78. The van der Waals surface area contributed by atoms with Crippen molar-refractivity contribution in [3.63, 3.8) is 0 Å². The first-order chi connectivity index (χ1) is 12.8. The lowest BCUT2D eigenvalue weighted by atomic mass is 9.91. The van der Waals surface area contributed by atoms with Gasteiger partial charge in [0, 0.05) is 5.92 Å². The number of carbonyl (C=O) groups is 1. The Labute approximate surface area is 167 Å². The SMILES string of the molecule is Cl.O=C(NC(COc1ccccc1)c1ccccc1)C1CC12CCNCC2. The molecule has 1 heterocycles. The van der Waals surface area contributed by atoms with Gasteiger partial charge in [-0.15, -0.1) is 12.4 Å². The topological polar surface area (TPSA) is 50.4 Å². The van der Waals surface area contributed by atoms with Gasteiger partial charge in [0.1, 0.15) is 12.4 Å². The molecule has 4 nitrogen and oxygen atoms in total. The van der Waals surface area contributed by atoms with Gasteiger partial charge in [0.05, 0.1) is 6.04 Å². The molecule has 4 rings (SSSR count). The van der Waals surface area contributed by atoms with E-state index in [0.29, 0.717) is 6.61 Å². The molecule has 1 saturated carbocycles. The summed E-state index contributed by atoms with van der Waals surface area (Å²) in [5.74, 6) is 1.16. The van der Waals surface area contributed by atoms with Gasteiger partial charge in [-0.2, -0.15) is 0 Å². The fourth-order valence-corrected chi connectivity index (χ4v) is 4.07. The minimum atomic E-state index is -0.136. The summed E-state index contributed by atoms with van der Waals surface area (Å²) in [5, 5.41) is 6.65. The summed E-state index contributed by atoms with van der Waals surface area (Å²) < 4.78 is 5.94. The molecule has 144 valence electrons. The fraction of sp³-hybridized carbons (Fsp3) is 0.409. The second-order valence-electron chi connectivity index (χ2n) is 7.46. The predicted molar refractivity (Wildman–Crippen MR) is 109 cm³/mol. The van der Waals surface area contributed by atoms with Gasteiger partial charge >= 0.3 is 0 Å². The fourth-order valence-electron chi connectivity index (χ4n) is 4.07. The Balaban J connectivity index is 0.00000210. The third kappa shape index (κ3) is 4.63. The van der Waals surface area contributed by atoms with Crippen molar-refractivity contribution in [1.82, 2.24) is 10.6 Å². The number of halogens is 1. The van der Waals surface area contributed by atoms with Crippen molar-refractivity contribution in [2.45, 2.75) is 25.3 Å². The zero-order valence-electron chi connectivity index (χ0n) is 15.4. The number of para-hydroxylation sites is 1. The Kier molecular flexibility index (Phi) is 6.40. The molecule has 0 aromatic heterocycles. The maximum absolute atomic E-state index is 12.9. The quantitative estimate of drug-likeness (QED) is 0.795. The Hall–Kier alpha value is -2.04. The van der Waals surface area contributed by atoms with Gasteiger partial charge in [-0.1, -0.05) is 48.5 Å². The molecule has 2 unspecified atom stereocenters. The average molecular weight is 387 g/mol. The molecule has 0 bridgehead atoms. The van der Waals surface area contributed by atoms with Crippen LogP contribution in [0.25, 0.3) is 0 Å². The van der Waals surface area contributed by atoms with E-state index in [4.69, 9.17) is 4.74 Å². The van der Waals surface area contributed by atoms with E-state index in [0.717, 1.165) is 43.7 Å². The molecule has 1 amide bonds. The standard InChI is InChI=1S/C22H26N2O2.ClH/c25-21(19-15-22(19)11-13-23-14-12-22)24-20(17-7-3-1-4-8-17)16-26-18-9-5-2-6-10-18;/h1-10,19-20,23H,11-16H2,(H,24,25);1H. The third-order valence-corrected chi connectivity index (χ3v) is 5.78. The van der Waals surface area contributed by atoms with E-state index in [2.05, 4.69) is 10.6 Å². The van der Waals surface area contributed by atoms with Crippen LogP contribution in [0.4, 0.5) is 0 Å². The first-order valence-electron chi connectivity index (χ1n) is 9.51. The van der Waals surface area contributed by atoms with Crippen LogP contribution in [0, 0.1) is 11.3 Å². The Morgan fingerprint density at radius 1 is 1.07 bits per heavy atom. The number of hydrogen-bond donors (Lipinski definition) is 2. The molecule has 5 heteroatoms. The van der Waals surface area contributed by atoms with Gasteiger partial charge in [0.2, 0.25) is 5.91 Å². The first kappa shape index (κ1) is 19.7. The predicted octanol–water partition coefficient (Wildman–Crippen LogP) is 3.73. The molecule has 2 aliphatic rings. The molecule has 2 aromatic rings. The van der Waals surface area contributed by atoms with Crippen LogP contribution in [-0.2, 0) is 4.79 Å². The number of rotatable bonds is 6. The van der Waals surface area contributed by atoms with Gasteiger partial charge in [0.25, 0.3) is 0 Å². The van der Waals surface area contributed by atoms with Crippen molar-refractivity contribution in [2.75, 3.05) is 19.7 Å². The van der Waals surface area contributed by atoms with Crippen molar-refractivity contribution >= 4 is 18.3 Å². The van der Waals surface area contributed by atoms with Crippen LogP contribution in [0.15, 0.2) is 60.7 Å². The van der Waals surface area contributed by atoms with E-state index in [1.807, 2.05) is 60.7 Å². The summed E-state index contributed by atoms with van der Waals surface area (Å²) in [6, 6.07) is 19.7. The van der Waals surface area contributed by atoms with Gasteiger partial charge in [-0.25, -0.2) is 0 Å². The normalized spacial score (nSPS) is 21.0. The van der Waals surface area contributed by atoms with Crippen molar-refractivity contribution in [3.8, 4) is 5.75 Å². The molecule has 1 aliphatic heterocycles. The highest BCUT2D eigenvalue weighted by molar-refractivity contribution is 5.85. The molecular weight excluding hydrogens is 360 g/mol. The molecule has 1 spiro atoms. The Bertz CT molecular complexity index is 732. The van der Waals surface area contributed by atoms with E-state index >= 15 is 0 Å². The Morgan fingerprint density at radius 3 is 2.37 bits per heavy atom. The number of piperidine rings is 1. The highest BCUT2D eigenvalue weighted by atomic mass is 35.5. The van der Waals surface area contributed by atoms with E-state index in [1.54, 1.807) is 0 Å². The average Bonchev–Trinajstić information content (AvgIpc) is 3.40. The van der Waals surface area contributed by atoms with E-state index in [-0.39, 0.29) is 35.7 Å². The van der Waals surface area contributed by atoms with Crippen LogP contribution in [-0.4, -0.2) is 25.6 Å². The minimum Gasteiger partial charge on any atom is -0.491 e. The summed E-state index contributed by atoms with van der Waals surface area (Å²) in [7, 11) is 0. The number of carbonyl (C=O) groups excluding carboxylic acids is 1. The van der Waals surface area contributed by atoms with Crippen molar-refractivity contribution in [3.05, 3.63) is 66.2 Å². The van der Waals surface area contributed by atoms with Crippen molar-refractivity contribution in [2.24, 2.45) is 11.3 Å². The van der Waals surface area contributed by atoms with Crippen LogP contribution < -0.4 is 15.4 Å². The zero-order valence-corrected chi connectivity index (χ0v) is 16.2. The maximum atomic E-state index is 12.9. The maximum Gasteiger partial charge on any atom is 0.224 e. The lowest BCUT2D eigenvalue weighted by molar-refractivity contribution is -0.124. The first-order valence-corrected chi connectivity index (χ1v) is 9.51. The number of ether oxygens (including phenoxy) is 1. The monoisotopic (exact) mass is 386 g/mol. The number of benzene rings is 2. The highest BCUT2D eigenvalue weighted by Crippen LogP contribution is 2.58. The smallest absolute Gasteiger partial charge is 0.224 e. The van der Waals surface area contributed by atoms with Gasteiger partial charge in [0.15, 0.2) is 0 Å². The second-order valence-corrected chi connectivity index (χ2v) is 7.46. The van der Waals surface area contributed by atoms with Gasteiger partial charge in [-0.05, 0) is 55.5 Å². The summed E-state index contributed by atoms with van der Waals surface area (Å²) in [4.78, 5) is 12.9. The molecule has 1 aliphatic carbocycles. The second kappa shape index (κ2) is 8.77. The Morgan fingerprint density at radius 2 is 1.70 bits per heavy atom. The van der Waals surface area contributed by atoms with Crippen molar-refractivity contribution in [1.29, 1.82) is 0 Å². The minimum absolute atomic E-state index is 0. The highest BCUT2D eigenvalue weighted by Gasteiger charge is 2.57. The van der Waals surface area contributed by atoms with E-state index in [9.17, 15) is 4.79 Å². The van der Waals surface area contributed by atoms with E-state index in [1.165, 1.54) is 0 Å². The summed E-state index contributed by atoms with van der Waals surface area (Å²) in [6.45, 7) is 2.49. The molecule has 27 heavy (non-hydrogen) atoms. The lowest BCUT2D eigenvalue weighted by Crippen LogP contribution is -2.37. The van der Waals surface area contributed by atoms with Crippen LogP contribution in [0.2, 0.25) is 0 Å². The van der Waals surface area contributed by atoms with Crippen LogP contribution in [0.3, 0.4) is 0 Å². The lowest BCUT2D eigenvalue weighted by Gasteiger charge is -2.24. The number of nitrogens with one attached hydrogen (secondary N) is 2. The number of amides is 1. The largest absolute Gasteiger partial charge is 0.491 e. The van der Waals surface area contributed by atoms with Gasteiger partial charge in [-0.3, -0.25) is 4.79 Å². The van der Waals surface area contributed by atoms with E-state index < -0.39 is 0 Å². The molecule has 1 saturated heterocycles. The molecule has 2 atom stereocenters. The summed E-state index contributed by atoms with van der Waals surface area (Å²) >= 11 is 0. The molecule has 2 N–H and O–H groups in total. The summed E-state index contributed by atoms with van der Waals surface area (Å²) in [5.41, 5.74) is 1.33. The zero-order chi connectivity index (χ0) is 17.8. The molecule has 2 aromatic carbocycles. The van der Waals surface area contributed by atoms with Gasteiger partial charge < -0.3 is 15.4 Å². The molecule has 2 fully saturated rings. The molecular formula is C22H27ClN2O2. The van der Waals surface area contributed by atoms with Crippen LogP contribution >= 0.6 is 12.4 Å².